The van der Waals surface area contributed by atoms with Crippen LogP contribution in [0.4, 0.5) is 11.5 Å². The SMILES string of the molecule is Cc1nc2ccccc2nc1N(NC(=O)c1ccccc1)c1ccccc1. The van der Waals surface area contributed by atoms with Crippen LogP contribution in [0.5, 0.6) is 0 Å². The number of para-hydroxylation sites is 3. The number of hydrogen-bond acceptors (Lipinski definition) is 4. The number of fused-ring (bicyclic) bond motifs is 1. The molecule has 132 valence electrons. The number of anilines is 2. The Morgan fingerprint density at radius 2 is 1.33 bits per heavy atom. The Kier molecular flexibility index (Phi) is 4.49. The fraction of sp³-hybridized carbons (Fsp3) is 0.0455. The average molecular weight is 354 g/mol. The van der Waals surface area contributed by atoms with Crippen LogP contribution in [0.1, 0.15) is 16.1 Å². The van der Waals surface area contributed by atoms with Crippen LogP contribution in [0.25, 0.3) is 11.0 Å². The molecule has 1 N–H and O–H groups in total. The smallest absolute Gasteiger partial charge is 0.267 e. The summed E-state index contributed by atoms with van der Waals surface area (Å²) in [7, 11) is 0. The predicted octanol–water partition coefficient (Wildman–Crippen LogP) is 4.42. The van der Waals surface area contributed by atoms with Crippen molar-refractivity contribution in [2.75, 3.05) is 5.01 Å². The summed E-state index contributed by atoms with van der Waals surface area (Å²) >= 11 is 0. The molecule has 0 aliphatic rings. The second-order valence-electron chi connectivity index (χ2n) is 6.10. The minimum atomic E-state index is -0.214. The number of carbonyl (C=O) groups excluding carboxylic acids is 1. The first-order valence-corrected chi connectivity index (χ1v) is 8.67. The maximum absolute atomic E-state index is 12.8. The fourth-order valence-corrected chi connectivity index (χ4v) is 2.86. The highest BCUT2D eigenvalue weighted by Gasteiger charge is 2.18. The lowest BCUT2D eigenvalue weighted by atomic mass is 10.2. The number of aromatic nitrogens is 2. The summed E-state index contributed by atoms with van der Waals surface area (Å²) in [6.45, 7) is 1.89. The first-order chi connectivity index (χ1) is 13.2. The molecule has 0 saturated heterocycles. The average Bonchev–Trinajstić information content (AvgIpc) is 2.73. The van der Waals surface area contributed by atoms with Crippen molar-refractivity contribution in [2.24, 2.45) is 0 Å². The topological polar surface area (TPSA) is 58.1 Å². The summed E-state index contributed by atoms with van der Waals surface area (Å²) in [5, 5.41) is 1.68. The maximum Gasteiger partial charge on any atom is 0.270 e. The fourth-order valence-electron chi connectivity index (χ4n) is 2.86. The first kappa shape index (κ1) is 16.7. The number of benzene rings is 3. The molecule has 1 aromatic heterocycles. The molecule has 0 aliphatic heterocycles. The largest absolute Gasteiger partial charge is 0.270 e. The van der Waals surface area contributed by atoms with Crippen LogP contribution in [-0.4, -0.2) is 15.9 Å². The summed E-state index contributed by atoms with van der Waals surface area (Å²) in [5.41, 5.74) is 6.66. The molecule has 0 radical (unpaired) electrons. The van der Waals surface area contributed by atoms with E-state index in [0.717, 1.165) is 22.4 Å². The van der Waals surface area contributed by atoms with E-state index >= 15 is 0 Å². The van der Waals surface area contributed by atoms with Gasteiger partial charge in [-0.05, 0) is 43.3 Å². The summed E-state index contributed by atoms with van der Waals surface area (Å²) in [6, 6.07) is 26.4. The van der Waals surface area contributed by atoms with Crippen LogP contribution >= 0.6 is 0 Å². The number of hydrazine groups is 1. The van der Waals surface area contributed by atoms with E-state index in [1.165, 1.54) is 0 Å². The van der Waals surface area contributed by atoms with Crippen molar-refractivity contribution in [3.63, 3.8) is 0 Å². The van der Waals surface area contributed by atoms with Gasteiger partial charge >= 0.3 is 0 Å². The Morgan fingerprint density at radius 3 is 2.00 bits per heavy atom. The number of nitrogens with one attached hydrogen (secondary N) is 1. The van der Waals surface area contributed by atoms with Crippen molar-refractivity contribution in [1.82, 2.24) is 15.4 Å². The number of hydrogen-bond donors (Lipinski definition) is 1. The van der Waals surface area contributed by atoms with Crippen molar-refractivity contribution in [3.05, 3.63) is 96.2 Å². The summed E-state index contributed by atoms with van der Waals surface area (Å²) in [5.74, 6) is 0.373. The van der Waals surface area contributed by atoms with Gasteiger partial charge < -0.3 is 0 Å². The molecule has 27 heavy (non-hydrogen) atoms. The Hall–Kier alpha value is -3.73. The molecule has 4 rings (SSSR count). The highest BCUT2D eigenvalue weighted by molar-refractivity contribution is 5.96. The third-order valence-corrected chi connectivity index (χ3v) is 4.20. The standard InChI is InChI=1S/C22H18N4O/c1-16-21(24-20-15-9-8-14-19(20)23-16)26(18-12-6-3-7-13-18)25-22(27)17-10-4-2-5-11-17/h2-15H,1H3,(H,25,27). The highest BCUT2D eigenvalue weighted by atomic mass is 16.2. The van der Waals surface area contributed by atoms with Crippen LogP contribution in [0, 0.1) is 6.92 Å². The van der Waals surface area contributed by atoms with E-state index in [-0.39, 0.29) is 5.91 Å². The van der Waals surface area contributed by atoms with E-state index in [1.54, 1.807) is 17.1 Å². The number of carbonyl (C=O) groups is 1. The Morgan fingerprint density at radius 1 is 0.778 bits per heavy atom. The van der Waals surface area contributed by atoms with Gasteiger partial charge in [0, 0.05) is 5.56 Å². The van der Waals surface area contributed by atoms with Gasteiger partial charge in [0.05, 0.1) is 22.4 Å². The zero-order valence-corrected chi connectivity index (χ0v) is 14.8. The van der Waals surface area contributed by atoms with Gasteiger partial charge in [0.2, 0.25) is 0 Å². The normalized spacial score (nSPS) is 10.6. The van der Waals surface area contributed by atoms with Crippen molar-refractivity contribution in [2.45, 2.75) is 6.92 Å². The molecule has 3 aromatic carbocycles. The molecular weight excluding hydrogens is 336 g/mol. The Labute approximate surface area is 157 Å². The highest BCUT2D eigenvalue weighted by Crippen LogP contribution is 2.26. The van der Waals surface area contributed by atoms with Crippen LogP contribution in [0.3, 0.4) is 0 Å². The van der Waals surface area contributed by atoms with Gasteiger partial charge in [0.15, 0.2) is 5.82 Å². The molecule has 0 atom stereocenters. The minimum Gasteiger partial charge on any atom is -0.267 e. The molecule has 0 spiro atoms. The third kappa shape index (κ3) is 3.48. The molecule has 5 heteroatoms. The zero-order valence-electron chi connectivity index (χ0n) is 14.8. The second-order valence-corrected chi connectivity index (χ2v) is 6.10. The molecule has 0 aliphatic carbocycles. The van der Waals surface area contributed by atoms with Crippen molar-refractivity contribution in [1.29, 1.82) is 0 Å². The third-order valence-electron chi connectivity index (χ3n) is 4.20. The monoisotopic (exact) mass is 354 g/mol. The van der Waals surface area contributed by atoms with Crippen molar-refractivity contribution < 1.29 is 4.79 Å². The van der Waals surface area contributed by atoms with Crippen LogP contribution < -0.4 is 10.4 Å². The van der Waals surface area contributed by atoms with E-state index in [2.05, 4.69) is 10.4 Å². The number of nitrogens with zero attached hydrogens (tertiary/aromatic N) is 3. The van der Waals surface area contributed by atoms with Crippen molar-refractivity contribution in [3.8, 4) is 0 Å². The molecule has 1 heterocycles. The van der Waals surface area contributed by atoms with Crippen LogP contribution in [-0.2, 0) is 0 Å². The number of rotatable bonds is 4. The van der Waals surface area contributed by atoms with Gasteiger partial charge in [-0.1, -0.05) is 48.5 Å². The lowest BCUT2D eigenvalue weighted by Crippen LogP contribution is -2.40. The van der Waals surface area contributed by atoms with Crippen molar-refractivity contribution >= 4 is 28.4 Å². The van der Waals surface area contributed by atoms with Crippen LogP contribution in [0.15, 0.2) is 84.9 Å². The van der Waals surface area contributed by atoms with Gasteiger partial charge in [0.1, 0.15) is 0 Å². The van der Waals surface area contributed by atoms with Gasteiger partial charge in [-0.2, -0.15) is 0 Å². The predicted molar refractivity (Wildman–Crippen MR) is 107 cm³/mol. The van der Waals surface area contributed by atoms with E-state index in [9.17, 15) is 4.79 Å². The van der Waals surface area contributed by atoms with Crippen LogP contribution in [0.2, 0.25) is 0 Å². The molecule has 4 aromatic rings. The maximum atomic E-state index is 12.8. The zero-order chi connectivity index (χ0) is 18.6. The Bertz CT molecular complexity index is 1080. The molecule has 1 amide bonds. The quantitative estimate of drug-likeness (QED) is 0.551. The van der Waals surface area contributed by atoms with Gasteiger partial charge in [-0.25, -0.2) is 15.0 Å². The second kappa shape index (κ2) is 7.25. The number of aryl methyl sites for hydroxylation is 1. The molecule has 0 unspecified atom stereocenters. The van der Waals surface area contributed by atoms with Gasteiger partial charge in [-0.15, -0.1) is 0 Å². The summed E-state index contributed by atoms with van der Waals surface area (Å²) in [6.07, 6.45) is 0. The molecular formula is C22H18N4O. The molecule has 0 fully saturated rings. The van der Waals surface area contributed by atoms with E-state index in [1.807, 2.05) is 79.7 Å². The van der Waals surface area contributed by atoms with E-state index in [0.29, 0.717) is 11.4 Å². The summed E-state index contributed by atoms with van der Waals surface area (Å²) in [4.78, 5) is 22.2. The summed E-state index contributed by atoms with van der Waals surface area (Å²) < 4.78 is 0. The van der Waals surface area contributed by atoms with E-state index < -0.39 is 0 Å². The number of amides is 1. The minimum absolute atomic E-state index is 0.214. The lowest BCUT2D eigenvalue weighted by Gasteiger charge is -2.25. The molecule has 5 nitrogen and oxygen atoms in total. The lowest BCUT2D eigenvalue weighted by molar-refractivity contribution is 0.0953. The Balaban J connectivity index is 1.79. The molecule has 0 bridgehead atoms. The first-order valence-electron chi connectivity index (χ1n) is 8.67. The molecule has 0 saturated carbocycles. The van der Waals surface area contributed by atoms with Gasteiger partial charge in [0.25, 0.3) is 5.91 Å². The van der Waals surface area contributed by atoms with E-state index in [4.69, 9.17) is 4.98 Å². The van der Waals surface area contributed by atoms with Gasteiger partial charge in [-0.3, -0.25) is 10.2 Å².